The fraction of sp³-hybridized carbons (Fsp3) is 0.542. The molecule has 2 aromatic rings. The van der Waals surface area contributed by atoms with Crippen molar-refractivity contribution in [1.29, 1.82) is 0 Å². The summed E-state index contributed by atoms with van der Waals surface area (Å²) in [5.74, 6) is 0.638. The lowest BCUT2D eigenvalue weighted by molar-refractivity contribution is 0.0500. The summed E-state index contributed by atoms with van der Waals surface area (Å²) in [6, 6.07) is 13.7. The zero-order valence-corrected chi connectivity index (χ0v) is 16.5. The zero-order valence-electron chi connectivity index (χ0n) is 16.5. The third kappa shape index (κ3) is 7.19. The maximum atomic E-state index is 12.3. The molecule has 0 unspecified atom stereocenters. The molecule has 0 aliphatic heterocycles. The van der Waals surface area contributed by atoms with Crippen molar-refractivity contribution in [2.24, 2.45) is 5.92 Å². The molecule has 0 N–H and O–H groups in total. The van der Waals surface area contributed by atoms with Crippen LogP contribution >= 0.6 is 0 Å². The van der Waals surface area contributed by atoms with Crippen LogP contribution in [0, 0.1) is 5.92 Å². The number of ether oxygens (including phenoxy) is 1. The fourth-order valence-corrected chi connectivity index (χ4v) is 3.36. The van der Waals surface area contributed by atoms with Gasteiger partial charge in [0.2, 0.25) is 0 Å². The van der Waals surface area contributed by atoms with E-state index >= 15 is 0 Å². The van der Waals surface area contributed by atoms with Crippen molar-refractivity contribution in [2.75, 3.05) is 6.61 Å². The first-order valence-corrected chi connectivity index (χ1v) is 10.3. The minimum Gasteiger partial charge on any atom is -0.462 e. The van der Waals surface area contributed by atoms with Crippen LogP contribution < -0.4 is 0 Å². The van der Waals surface area contributed by atoms with Crippen molar-refractivity contribution in [3.63, 3.8) is 0 Å². The minimum atomic E-state index is -0.202. The maximum Gasteiger partial charge on any atom is 0.338 e. The Hall–Kier alpha value is -1.83. The van der Waals surface area contributed by atoms with E-state index in [2.05, 4.69) is 13.8 Å². The SMILES string of the molecule is CC(C)CCCCCCCCCCOC(=O)c1cccc2ccccc12. The number of benzene rings is 2. The lowest BCUT2D eigenvalue weighted by Gasteiger charge is -2.08. The Morgan fingerprint density at radius 2 is 1.42 bits per heavy atom. The summed E-state index contributed by atoms with van der Waals surface area (Å²) in [6.07, 6.45) is 11.5. The van der Waals surface area contributed by atoms with Crippen molar-refractivity contribution in [3.05, 3.63) is 48.0 Å². The van der Waals surface area contributed by atoms with Crippen LogP contribution in [0.3, 0.4) is 0 Å². The summed E-state index contributed by atoms with van der Waals surface area (Å²) in [5, 5.41) is 2.05. The van der Waals surface area contributed by atoms with E-state index < -0.39 is 0 Å². The van der Waals surface area contributed by atoms with Crippen LogP contribution in [-0.2, 0) is 4.74 Å². The van der Waals surface area contributed by atoms with E-state index in [1.807, 2.05) is 42.5 Å². The van der Waals surface area contributed by atoms with E-state index in [4.69, 9.17) is 4.74 Å². The molecule has 0 bridgehead atoms. The Labute approximate surface area is 158 Å². The van der Waals surface area contributed by atoms with Crippen LogP contribution in [-0.4, -0.2) is 12.6 Å². The molecule has 0 aromatic heterocycles. The molecular weight excluding hydrogens is 320 g/mol. The van der Waals surface area contributed by atoms with E-state index in [0.717, 1.165) is 29.5 Å². The van der Waals surface area contributed by atoms with Crippen molar-refractivity contribution in [2.45, 2.75) is 71.6 Å². The molecule has 2 rings (SSSR count). The maximum absolute atomic E-state index is 12.3. The average molecular weight is 355 g/mol. The summed E-state index contributed by atoms with van der Waals surface area (Å²) < 4.78 is 5.48. The van der Waals surface area contributed by atoms with E-state index in [1.165, 1.54) is 44.9 Å². The smallest absolute Gasteiger partial charge is 0.338 e. The van der Waals surface area contributed by atoms with Gasteiger partial charge in [-0.15, -0.1) is 0 Å². The van der Waals surface area contributed by atoms with Crippen LogP contribution in [0.4, 0.5) is 0 Å². The molecule has 0 saturated heterocycles. The highest BCUT2D eigenvalue weighted by atomic mass is 16.5. The predicted molar refractivity (Wildman–Crippen MR) is 111 cm³/mol. The molecule has 0 saturated carbocycles. The Kier molecular flexibility index (Phi) is 9.23. The summed E-state index contributed by atoms with van der Waals surface area (Å²) in [4.78, 5) is 12.3. The van der Waals surface area contributed by atoms with Gasteiger partial charge in [-0.3, -0.25) is 0 Å². The molecule has 2 aromatic carbocycles. The molecular formula is C24H34O2. The molecule has 0 heterocycles. The quantitative estimate of drug-likeness (QED) is 0.298. The summed E-state index contributed by atoms with van der Waals surface area (Å²) >= 11 is 0. The minimum absolute atomic E-state index is 0.202. The van der Waals surface area contributed by atoms with Gasteiger partial charge >= 0.3 is 5.97 Å². The van der Waals surface area contributed by atoms with Gasteiger partial charge in [0.15, 0.2) is 0 Å². The van der Waals surface area contributed by atoms with Crippen LogP contribution in [0.25, 0.3) is 10.8 Å². The number of hydrogen-bond donors (Lipinski definition) is 0. The molecule has 0 aliphatic rings. The molecule has 0 atom stereocenters. The number of fused-ring (bicyclic) bond motifs is 1. The standard InChI is InChI=1S/C24H34O2/c1-20(2)14-9-7-5-3-4-6-8-12-19-26-24(25)23-18-13-16-21-15-10-11-17-22(21)23/h10-11,13,15-18,20H,3-9,12,14,19H2,1-2H3. The second-order valence-corrected chi connectivity index (χ2v) is 7.67. The first kappa shape index (κ1) is 20.5. The second-order valence-electron chi connectivity index (χ2n) is 7.67. The monoisotopic (exact) mass is 354 g/mol. The lowest BCUT2D eigenvalue weighted by atomic mass is 10.0. The van der Waals surface area contributed by atoms with E-state index in [9.17, 15) is 4.79 Å². The highest BCUT2D eigenvalue weighted by molar-refractivity contribution is 6.04. The van der Waals surface area contributed by atoms with Crippen molar-refractivity contribution in [3.8, 4) is 0 Å². The Bertz CT molecular complexity index is 655. The Morgan fingerprint density at radius 1 is 0.808 bits per heavy atom. The molecule has 0 radical (unpaired) electrons. The second kappa shape index (κ2) is 11.7. The first-order valence-electron chi connectivity index (χ1n) is 10.3. The molecule has 142 valence electrons. The summed E-state index contributed by atoms with van der Waals surface area (Å²) in [5.41, 5.74) is 0.671. The largest absolute Gasteiger partial charge is 0.462 e. The average Bonchev–Trinajstić information content (AvgIpc) is 2.65. The summed E-state index contributed by atoms with van der Waals surface area (Å²) in [7, 11) is 0. The molecule has 0 aliphatic carbocycles. The van der Waals surface area contributed by atoms with Gasteiger partial charge in [0, 0.05) is 0 Å². The number of carbonyl (C=O) groups is 1. The highest BCUT2D eigenvalue weighted by Gasteiger charge is 2.10. The molecule has 2 nitrogen and oxygen atoms in total. The van der Waals surface area contributed by atoms with Gasteiger partial charge in [-0.1, -0.05) is 102 Å². The molecule has 26 heavy (non-hydrogen) atoms. The predicted octanol–water partition coefficient (Wildman–Crippen LogP) is 7.16. The van der Waals surface area contributed by atoms with Gasteiger partial charge in [-0.25, -0.2) is 4.79 Å². The van der Waals surface area contributed by atoms with Gasteiger partial charge in [-0.05, 0) is 29.2 Å². The van der Waals surface area contributed by atoms with Crippen molar-refractivity contribution >= 4 is 16.7 Å². The normalized spacial score (nSPS) is 11.2. The number of esters is 1. The highest BCUT2D eigenvalue weighted by Crippen LogP contribution is 2.19. The third-order valence-corrected chi connectivity index (χ3v) is 4.92. The lowest BCUT2D eigenvalue weighted by Crippen LogP contribution is -2.07. The van der Waals surface area contributed by atoms with Gasteiger partial charge in [0.25, 0.3) is 0 Å². The molecule has 2 heteroatoms. The van der Waals surface area contributed by atoms with Gasteiger partial charge in [-0.2, -0.15) is 0 Å². The van der Waals surface area contributed by atoms with Gasteiger partial charge in [0.1, 0.15) is 0 Å². The van der Waals surface area contributed by atoms with Crippen LogP contribution in [0.5, 0.6) is 0 Å². The fourth-order valence-electron chi connectivity index (χ4n) is 3.36. The van der Waals surface area contributed by atoms with Crippen LogP contribution in [0.1, 0.15) is 82.0 Å². The molecule has 0 fully saturated rings. The number of unbranched alkanes of at least 4 members (excludes halogenated alkanes) is 7. The van der Waals surface area contributed by atoms with Gasteiger partial charge < -0.3 is 4.74 Å². The van der Waals surface area contributed by atoms with E-state index in [0.29, 0.717) is 12.2 Å². The third-order valence-electron chi connectivity index (χ3n) is 4.92. The topological polar surface area (TPSA) is 26.3 Å². The van der Waals surface area contributed by atoms with E-state index in [-0.39, 0.29) is 5.97 Å². The zero-order chi connectivity index (χ0) is 18.6. The number of hydrogen-bond acceptors (Lipinski definition) is 2. The first-order chi connectivity index (χ1) is 12.7. The number of carbonyl (C=O) groups excluding carboxylic acids is 1. The van der Waals surface area contributed by atoms with Gasteiger partial charge in [0.05, 0.1) is 12.2 Å². The Balaban J connectivity index is 1.55. The molecule has 0 amide bonds. The number of rotatable bonds is 12. The summed E-state index contributed by atoms with van der Waals surface area (Å²) in [6.45, 7) is 5.12. The van der Waals surface area contributed by atoms with E-state index in [1.54, 1.807) is 0 Å². The van der Waals surface area contributed by atoms with Crippen LogP contribution in [0.15, 0.2) is 42.5 Å². The van der Waals surface area contributed by atoms with Crippen LogP contribution in [0.2, 0.25) is 0 Å². The van der Waals surface area contributed by atoms with Crippen molar-refractivity contribution in [1.82, 2.24) is 0 Å². The Morgan fingerprint density at radius 3 is 2.15 bits per heavy atom. The van der Waals surface area contributed by atoms with Crippen molar-refractivity contribution < 1.29 is 9.53 Å². The molecule has 0 spiro atoms.